The molecule has 0 radical (unpaired) electrons. The first-order valence-electron chi connectivity index (χ1n) is 10.9. The molecule has 4 rings (SSSR count). The van der Waals surface area contributed by atoms with Crippen molar-refractivity contribution >= 4 is 39.8 Å². The lowest BCUT2D eigenvalue weighted by atomic mass is 10.1. The number of amidine groups is 2. The molecule has 0 atom stereocenters. The van der Waals surface area contributed by atoms with Crippen LogP contribution >= 0.6 is 11.8 Å². The van der Waals surface area contributed by atoms with Crippen LogP contribution in [0.1, 0.15) is 30.0 Å². The van der Waals surface area contributed by atoms with E-state index in [1.54, 1.807) is 31.4 Å². The first-order valence-corrected chi connectivity index (χ1v) is 11.7. The summed E-state index contributed by atoms with van der Waals surface area (Å²) in [7, 11) is 1.55. The number of benzene rings is 2. The average molecular weight is 479 g/mol. The van der Waals surface area contributed by atoms with Crippen LogP contribution in [0.2, 0.25) is 0 Å². The SMILES string of the molecule is CCC1=NN2C(=N)/C(=C\c3ccc(OCCOc4cc(C)cc(C)c4)c(OC)c3)C(=O)N=C2S1. The number of hydrogen-bond donors (Lipinski definition) is 1. The van der Waals surface area contributed by atoms with Crippen molar-refractivity contribution in [1.82, 2.24) is 5.01 Å². The Morgan fingerprint density at radius 3 is 2.50 bits per heavy atom. The molecular formula is C25H26N4O4S. The predicted octanol–water partition coefficient (Wildman–Crippen LogP) is 4.80. The number of nitrogens with one attached hydrogen (secondary N) is 1. The first kappa shape index (κ1) is 23.6. The molecule has 2 aromatic carbocycles. The van der Waals surface area contributed by atoms with Gasteiger partial charge >= 0.3 is 0 Å². The second-order valence-electron chi connectivity index (χ2n) is 7.80. The zero-order valence-electron chi connectivity index (χ0n) is 19.5. The molecule has 2 aromatic rings. The molecule has 34 heavy (non-hydrogen) atoms. The van der Waals surface area contributed by atoms with Gasteiger partial charge < -0.3 is 14.2 Å². The van der Waals surface area contributed by atoms with Crippen molar-refractivity contribution in [2.45, 2.75) is 27.2 Å². The van der Waals surface area contributed by atoms with Crippen molar-refractivity contribution in [3.63, 3.8) is 0 Å². The van der Waals surface area contributed by atoms with Crippen molar-refractivity contribution in [3.05, 3.63) is 58.7 Å². The summed E-state index contributed by atoms with van der Waals surface area (Å²) in [6.45, 7) is 6.77. The molecule has 8 nitrogen and oxygen atoms in total. The number of aliphatic imine (C=N–C) groups is 1. The summed E-state index contributed by atoms with van der Waals surface area (Å²) < 4.78 is 17.1. The maximum absolute atomic E-state index is 12.5. The van der Waals surface area contributed by atoms with Crippen molar-refractivity contribution in [1.29, 1.82) is 5.41 Å². The summed E-state index contributed by atoms with van der Waals surface area (Å²) >= 11 is 1.32. The van der Waals surface area contributed by atoms with Crippen LogP contribution in [0, 0.1) is 19.3 Å². The Bertz CT molecular complexity index is 1220. The molecule has 1 amide bonds. The average Bonchev–Trinajstić information content (AvgIpc) is 3.22. The third-order valence-electron chi connectivity index (χ3n) is 5.10. The Labute approximate surface area is 202 Å². The number of nitrogens with zero attached hydrogens (tertiary/aromatic N) is 3. The van der Waals surface area contributed by atoms with E-state index in [4.69, 9.17) is 19.6 Å². The number of fused-ring (bicyclic) bond motifs is 1. The molecule has 0 aliphatic carbocycles. The minimum Gasteiger partial charge on any atom is -0.493 e. The lowest BCUT2D eigenvalue weighted by Gasteiger charge is -2.20. The summed E-state index contributed by atoms with van der Waals surface area (Å²) in [6, 6.07) is 11.4. The molecule has 1 N–H and O–H groups in total. The number of rotatable bonds is 8. The second-order valence-corrected chi connectivity index (χ2v) is 8.84. The van der Waals surface area contributed by atoms with Gasteiger partial charge in [-0.2, -0.15) is 15.1 Å². The fourth-order valence-electron chi connectivity index (χ4n) is 3.56. The highest BCUT2D eigenvalue weighted by molar-refractivity contribution is 8.26. The molecule has 2 aliphatic heterocycles. The van der Waals surface area contributed by atoms with Gasteiger partial charge in [-0.25, -0.2) is 0 Å². The zero-order chi connectivity index (χ0) is 24.2. The Morgan fingerprint density at radius 1 is 1.06 bits per heavy atom. The molecule has 0 saturated heterocycles. The maximum atomic E-state index is 12.5. The zero-order valence-corrected chi connectivity index (χ0v) is 20.4. The molecule has 176 valence electrons. The number of amides is 1. The number of hydrazone groups is 1. The van der Waals surface area contributed by atoms with Gasteiger partial charge in [-0.3, -0.25) is 10.2 Å². The Kier molecular flexibility index (Phi) is 7.02. The van der Waals surface area contributed by atoms with Crippen LogP contribution in [-0.4, -0.2) is 47.3 Å². The highest BCUT2D eigenvalue weighted by atomic mass is 32.2. The van der Waals surface area contributed by atoms with Crippen molar-refractivity contribution in [2.75, 3.05) is 20.3 Å². The van der Waals surface area contributed by atoms with Gasteiger partial charge in [-0.1, -0.05) is 19.1 Å². The largest absolute Gasteiger partial charge is 0.493 e. The summed E-state index contributed by atoms with van der Waals surface area (Å²) in [5.74, 6) is 1.44. The van der Waals surface area contributed by atoms with Gasteiger partial charge in [-0.15, -0.1) is 0 Å². The van der Waals surface area contributed by atoms with Gasteiger partial charge in [0.2, 0.25) is 5.17 Å². The van der Waals surface area contributed by atoms with E-state index in [2.05, 4.69) is 16.2 Å². The first-order chi connectivity index (χ1) is 16.4. The molecule has 0 aromatic heterocycles. The van der Waals surface area contributed by atoms with Gasteiger partial charge in [0, 0.05) is 0 Å². The third-order valence-corrected chi connectivity index (χ3v) is 6.16. The van der Waals surface area contributed by atoms with Crippen LogP contribution in [-0.2, 0) is 4.79 Å². The maximum Gasteiger partial charge on any atom is 0.283 e. The van der Waals surface area contributed by atoms with Gasteiger partial charge in [0.15, 0.2) is 17.3 Å². The van der Waals surface area contributed by atoms with Gasteiger partial charge in [0.25, 0.3) is 5.91 Å². The molecule has 9 heteroatoms. The molecule has 0 bridgehead atoms. The number of ether oxygens (including phenoxy) is 3. The number of hydrogen-bond acceptors (Lipinski definition) is 7. The smallest absolute Gasteiger partial charge is 0.283 e. The Balaban J connectivity index is 1.44. The number of carbonyl (C=O) groups is 1. The van der Waals surface area contributed by atoms with E-state index in [-0.39, 0.29) is 11.4 Å². The van der Waals surface area contributed by atoms with Gasteiger partial charge in [-0.05, 0) is 79.1 Å². The number of methoxy groups -OCH3 is 1. The molecule has 0 spiro atoms. The summed E-state index contributed by atoms with van der Waals surface area (Å²) in [4.78, 5) is 16.6. The lowest BCUT2D eigenvalue weighted by Crippen LogP contribution is -2.35. The second kappa shape index (κ2) is 10.1. The molecule has 0 fully saturated rings. The third kappa shape index (κ3) is 5.14. The Morgan fingerprint density at radius 2 is 1.79 bits per heavy atom. The summed E-state index contributed by atoms with van der Waals surface area (Å²) in [5.41, 5.74) is 3.15. The van der Waals surface area contributed by atoms with Crippen molar-refractivity contribution < 1.29 is 19.0 Å². The molecular weight excluding hydrogens is 452 g/mol. The van der Waals surface area contributed by atoms with Crippen LogP contribution in [0.3, 0.4) is 0 Å². The van der Waals surface area contributed by atoms with E-state index in [0.29, 0.717) is 35.4 Å². The van der Waals surface area contributed by atoms with E-state index in [1.165, 1.54) is 16.8 Å². The predicted molar refractivity (Wildman–Crippen MR) is 135 cm³/mol. The van der Waals surface area contributed by atoms with Gasteiger partial charge in [0.05, 0.1) is 12.7 Å². The fraction of sp³-hybridized carbons (Fsp3) is 0.280. The van der Waals surface area contributed by atoms with Crippen LogP contribution in [0.25, 0.3) is 6.08 Å². The highest BCUT2D eigenvalue weighted by Crippen LogP contribution is 2.32. The van der Waals surface area contributed by atoms with Crippen LogP contribution in [0.5, 0.6) is 17.2 Å². The Hall–Kier alpha value is -3.59. The minimum absolute atomic E-state index is 0.00813. The molecule has 0 unspecified atom stereocenters. The lowest BCUT2D eigenvalue weighted by molar-refractivity contribution is -0.114. The topological polar surface area (TPSA) is 96.6 Å². The van der Waals surface area contributed by atoms with E-state index in [0.717, 1.165) is 28.3 Å². The van der Waals surface area contributed by atoms with Crippen LogP contribution in [0.4, 0.5) is 0 Å². The number of thioether (sulfide) groups is 1. The molecule has 2 aliphatic rings. The molecule has 0 saturated carbocycles. The minimum atomic E-state index is -0.459. The summed E-state index contributed by atoms with van der Waals surface area (Å²) in [5, 5.41) is 15.4. The van der Waals surface area contributed by atoms with E-state index in [9.17, 15) is 4.79 Å². The van der Waals surface area contributed by atoms with E-state index in [1.807, 2.05) is 32.9 Å². The van der Waals surface area contributed by atoms with E-state index >= 15 is 0 Å². The highest BCUT2D eigenvalue weighted by Gasteiger charge is 2.35. The van der Waals surface area contributed by atoms with Crippen LogP contribution < -0.4 is 14.2 Å². The normalized spacial score (nSPS) is 16.4. The number of carbonyl (C=O) groups excluding carboxylic acids is 1. The van der Waals surface area contributed by atoms with E-state index < -0.39 is 5.91 Å². The summed E-state index contributed by atoms with van der Waals surface area (Å²) in [6.07, 6.45) is 2.33. The standard InChI is InChI=1S/C25H26N4O4S/c1-5-22-28-29-23(26)19(24(30)27-25(29)34-22)13-17-6-7-20(21(14-17)31-4)33-9-8-32-18-11-15(2)10-16(3)12-18/h6-7,10-14,26H,5,8-9H2,1-4H3/b19-13+,26-23?. The fourth-order valence-corrected chi connectivity index (χ4v) is 4.39. The molecule has 2 heterocycles. The van der Waals surface area contributed by atoms with Gasteiger partial charge in [0.1, 0.15) is 24.0 Å². The van der Waals surface area contributed by atoms with Crippen molar-refractivity contribution in [3.8, 4) is 17.2 Å². The monoisotopic (exact) mass is 478 g/mol. The number of aryl methyl sites for hydroxylation is 2. The quantitative estimate of drug-likeness (QED) is 0.432. The van der Waals surface area contributed by atoms with Crippen molar-refractivity contribution in [2.24, 2.45) is 10.1 Å². The van der Waals surface area contributed by atoms with Crippen LogP contribution in [0.15, 0.2) is 52.1 Å².